The van der Waals surface area contributed by atoms with Crippen LogP contribution in [0.5, 0.6) is 0 Å². The van der Waals surface area contributed by atoms with E-state index < -0.39 is 10.8 Å². The van der Waals surface area contributed by atoms with Crippen LogP contribution in [0.4, 0.5) is 5.69 Å². The maximum atomic E-state index is 10.9. The van der Waals surface area contributed by atoms with E-state index in [-0.39, 0.29) is 17.3 Å². The van der Waals surface area contributed by atoms with Crippen LogP contribution in [0.25, 0.3) is 5.82 Å². The largest absolute Gasteiger partial charge is 0.409 e. The summed E-state index contributed by atoms with van der Waals surface area (Å²) in [6.07, 6.45) is 1.69. The van der Waals surface area contributed by atoms with Gasteiger partial charge in [0.25, 0.3) is 5.69 Å². The summed E-state index contributed by atoms with van der Waals surface area (Å²) in [7, 11) is 0. The van der Waals surface area contributed by atoms with Crippen molar-refractivity contribution in [3.63, 3.8) is 0 Å². The van der Waals surface area contributed by atoms with E-state index >= 15 is 0 Å². The summed E-state index contributed by atoms with van der Waals surface area (Å²) in [5, 5.41) is 26.7. The highest BCUT2D eigenvalue weighted by molar-refractivity contribution is 5.98. The van der Waals surface area contributed by atoms with Gasteiger partial charge in [0.05, 0.1) is 10.6 Å². The number of hydrogen-bond donors (Lipinski definition) is 2. The number of pyridine rings is 1. The predicted molar refractivity (Wildman–Crippen MR) is 74.6 cm³/mol. The Morgan fingerprint density at radius 3 is 2.71 bits per heavy atom. The predicted octanol–water partition coefficient (Wildman–Crippen LogP) is 1.39. The lowest BCUT2D eigenvalue weighted by molar-refractivity contribution is -0.385. The zero-order chi connectivity index (χ0) is 15.6. The van der Waals surface area contributed by atoms with Crippen molar-refractivity contribution in [1.82, 2.24) is 14.8 Å². The van der Waals surface area contributed by atoms with E-state index in [1.165, 1.54) is 16.8 Å². The SMILES string of the molecule is CC(C)c1ccn(-c2ccc([N+](=O)[O-])c(/C(N)=N/O)n2)n1. The summed E-state index contributed by atoms with van der Waals surface area (Å²) in [6.45, 7) is 4.00. The summed E-state index contributed by atoms with van der Waals surface area (Å²) in [5.41, 5.74) is 5.75. The van der Waals surface area contributed by atoms with Gasteiger partial charge in [-0.15, -0.1) is 0 Å². The van der Waals surface area contributed by atoms with Crippen molar-refractivity contribution < 1.29 is 10.1 Å². The molecule has 3 N–H and O–H groups in total. The minimum Gasteiger partial charge on any atom is -0.409 e. The van der Waals surface area contributed by atoms with Gasteiger partial charge in [0.2, 0.25) is 0 Å². The molecule has 0 amide bonds. The molecule has 2 rings (SSSR count). The number of hydrogen-bond acceptors (Lipinski definition) is 6. The van der Waals surface area contributed by atoms with Gasteiger partial charge in [0.15, 0.2) is 17.3 Å². The molecule has 2 aromatic heterocycles. The van der Waals surface area contributed by atoms with E-state index in [4.69, 9.17) is 10.9 Å². The van der Waals surface area contributed by atoms with E-state index in [0.717, 1.165) is 5.69 Å². The molecule has 0 fully saturated rings. The minimum absolute atomic E-state index is 0.207. The van der Waals surface area contributed by atoms with Crippen LogP contribution in [0.3, 0.4) is 0 Å². The third kappa shape index (κ3) is 2.81. The fourth-order valence-corrected chi connectivity index (χ4v) is 1.73. The number of nitro groups is 1. The summed E-state index contributed by atoms with van der Waals surface area (Å²) < 4.78 is 1.48. The topological polar surface area (TPSA) is 132 Å². The molecule has 0 bridgehead atoms. The number of nitrogens with two attached hydrogens (primary N) is 1. The van der Waals surface area contributed by atoms with Crippen LogP contribution in [0.15, 0.2) is 29.6 Å². The summed E-state index contributed by atoms with van der Waals surface area (Å²) >= 11 is 0. The van der Waals surface area contributed by atoms with Gasteiger partial charge in [0.1, 0.15) is 0 Å². The first kappa shape index (κ1) is 14.4. The molecule has 0 aliphatic heterocycles. The molecule has 2 heterocycles. The molecule has 0 unspecified atom stereocenters. The maximum Gasteiger partial charge on any atom is 0.298 e. The molecule has 0 atom stereocenters. The first-order valence-corrected chi connectivity index (χ1v) is 6.13. The fourth-order valence-electron chi connectivity index (χ4n) is 1.73. The Balaban J connectivity index is 2.53. The molecule has 0 spiro atoms. The van der Waals surface area contributed by atoms with E-state index in [1.54, 1.807) is 6.20 Å². The van der Waals surface area contributed by atoms with Crippen LogP contribution in [0, 0.1) is 10.1 Å². The lowest BCUT2D eigenvalue weighted by Crippen LogP contribution is -2.18. The highest BCUT2D eigenvalue weighted by Gasteiger charge is 2.20. The molecule has 0 aliphatic rings. The van der Waals surface area contributed by atoms with Crippen LogP contribution >= 0.6 is 0 Å². The van der Waals surface area contributed by atoms with E-state index in [2.05, 4.69) is 15.2 Å². The molecule has 0 saturated carbocycles. The summed E-state index contributed by atoms with van der Waals surface area (Å²) in [6, 6.07) is 4.52. The van der Waals surface area contributed by atoms with Crippen LogP contribution in [0.1, 0.15) is 31.2 Å². The second-order valence-corrected chi connectivity index (χ2v) is 4.62. The monoisotopic (exact) mass is 290 g/mol. The van der Waals surface area contributed by atoms with Crippen LogP contribution in [0.2, 0.25) is 0 Å². The van der Waals surface area contributed by atoms with Crippen molar-refractivity contribution in [2.75, 3.05) is 0 Å². The van der Waals surface area contributed by atoms with Gasteiger partial charge < -0.3 is 10.9 Å². The van der Waals surface area contributed by atoms with Crippen molar-refractivity contribution in [3.05, 3.63) is 45.9 Å². The molecule has 110 valence electrons. The summed E-state index contributed by atoms with van der Waals surface area (Å²) in [5.74, 6) is 0.154. The lowest BCUT2D eigenvalue weighted by atomic mass is 10.1. The third-order valence-corrected chi connectivity index (χ3v) is 2.84. The standard InChI is InChI=1S/C12H14N6O3/c1-7(2)8-5-6-17(15-8)10-4-3-9(18(20)21)11(14-10)12(13)16-19/h3-7,19H,1-2H3,(H2,13,16). The number of oxime groups is 1. The Morgan fingerprint density at radius 1 is 1.48 bits per heavy atom. The van der Waals surface area contributed by atoms with Gasteiger partial charge in [0, 0.05) is 12.3 Å². The molecule has 0 aliphatic carbocycles. The van der Waals surface area contributed by atoms with Crippen molar-refractivity contribution in [1.29, 1.82) is 0 Å². The number of rotatable bonds is 4. The van der Waals surface area contributed by atoms with E-state index in [0.29, 0.717) is 5.82 Å². The molecule has 9 nitrogen and oxygen atoms in total. The Morgan fingerprint density at radius 2 is 2.19 bits per heavy atom. The second kappa shape index (κ2) is 5.57. The van der Waals surface area contributed by atoms with Gasteiger partial charge in [-0.25, -0.2) is 9.67 Å². The zero-order valence-electron chi connectivity index (χ0n) is 11.5. The average molecular weight is 290 g/mol. The Labute approximate surface area is 119 Å². The number of aromatic nitrogens is 3. The van der Waals surface area contributed by atoms with Crippen molar-refractivity contribution >= 4 is 11.5 Å². The zero-order valence-corrected chi connectivity index (χ0v) is 11.5. The minimum atomic E-state index is -0.646. The van der Waals surface area contributed by atoms with Crippen LogP contribution in [-0.2, 0) is 0 Å². The van der Waals surface area contributed by atoms with Crippen molar-refractivity contribution in [2.24, 2.45) is 10.9 Å². The fraction of sp³-hybridized carbons (Fsp3) is 0.250. The highest BCUT2D eigenvalue weighted by atomic mass is 16.6. The Bertz CT molecular complexity index is 707. The number of nitrogens with zero attached hydrogens (tertiary/aromatic N) is 5. The van der Waals surface area contributed by atoms with E-state index in [9.17, 15) is 10.1 Å². The molecular weight excluding hydrogens is 276 g/mol. The molecular formula is C12H14N6O3. The Kier molecular flexibility index (Phi) is 3.83. The van der Waals surface area contributed by atoms with Gasteiger partial charge in [-0.05, 0) is 18.1 Å². The van der Waals surface area contributed by atoms with Gasteiger partial charge in [-0.3, -0.25) is 10.1 Å². The summed E-state index contributed by atoms with van der Waals surface area (Å²) in [4.78, 5) is 14.3. The first-order chi connectivity index (χ1) is 9.93. The van der Waals surface area contributed by atoms with Gasteiger partial charge in [-0.1, -0.05) is 19.0 Å². The van der Waals surface area contributed by atoms with E-state index in [1.807, 2.05) is 19.9 Å². The normalized spacial score (nSPS) is 11.9. The maximum absolute atomic E-state index is 10.9. The van der Waals surface area contributed by atoms with Crippen LogP contribution < -0.4 is 5.73 Å². The highest BCUT2D eigenvalue weighted by Crippen LogP contribution is 2.19. The quantitative estimate of drug-likeness (QED) is 0.287. The van der Waals surface area contributed by atoms with Crippen molar-refractivity contribution in [2.45, 2.75) is 19.8 Å². The average Bonchev–Trinajstić information content (AvgIpc) is 2.95. The molecule has 0 saturated heterocycles. The molecule has 2 aromatic rings. The molecule has 21 heavy (non-hydrogen) atoms. The second-order valence-electron chi connectivity index (χ2n) is 4.62. The van der Waals surface area contributed by atoms with Gasteiger partial charge in [-0.2, -0.15) is 5.10 Å². The first-order valence-electron chi connectivity index (χ1n) is 6.13. The van der Waals surface area contributed by atoms with Gasteiger partial charge >= 0.3 is 0 Å². The third-order valence-electron chi connectivity index (χ3n) is 2.84. The molecule has 9 heteroatoms. The Hall–Kier alpha value is -2.97. The molecule has 0 radical (unpaired) electrons. The smallest absolute Gasteiger partial charge is 0.298 e. The van der Waals surface area contributed by atoms with Crippen molar-refractivity contribution in [3.8, 4) is 5.82 Å². The molecule has 0 aromatic carbocycles. The van der Waals surface area contributed by atoms with Crippen LogP contribution in [-0.4, -0.2) is 30.7 Å². The lowest BCUT2D eigenvalue weighted by Gasteiger charge is -2.05. The number of amidine groups is 1.